The molecule has 25 heavy (non-hydrogen) atoms. The van der Waals surface area contributed by atoms with Crippen molar-refractivity contribution in [2.45, 2.75) is 61.3 Å². The van der Waals surface area contributed by atoms with Crippen LogP contribution in [0.4, 0.5) is 13.2 Å². The molecule has 0 atom stereocenters. The van der Waals surface area contributed by atoms with E-state index in [1.165, 1.54) is 6.42 Å². The van der Waals surface area contributed by atoms with Gasteiger partial charge < -0.3 is 0 Å². The molecule has 0 aliphatic heterocycles. The first-order valence-corrected chi connectivity index (χ1v) is 9.93. The maximum Gasteiger partial charge on any atom is 0.450 e. The Hall–Kier alpha value is -0.970. The summed E-state index contributed by atoms with van der Waals surface area (Å²) in [7, 11) is 0. The van der Waals surface area contributed by atoms with Gasteiger partial charge in [-0.3, -0.25) is 4.79 Å². The number of halogens is 3. The first-order chi connectivity index (χ1) is 11.8. The highest BCUT2D eigenvalue weighted by atomic mass is 32.2. The van der Waals surface area contributed by atoms with Crippen LogP contribution < -0.4 is 0 Å². The largest absolute Gasteiger partial charge is 0.450 e. The Labute approximate surface area is 150 Å². The molecule has 1 aromatic rings. The van der Waals surface area contributed by atoms with E-state index in [1.54, 1.807) is 11.8 Å². The molecular formula is C20H23F3OS. The van der Waals surface area contributed by atoms with Gasteiger partial charge in [-0.1, -0.05) is 17.7 Å². The lowest BCUT2D eigenvalue weighted by Crippen LogP contribution is -2.57. The van der Waals surface area contributed by atoms with E-state index in [9.17, 15) is 18.0 Å². The van der Waals surface area contributed by atoms with Crippen LogP contribution in [0.2, 0.25) is 0 Å². The van der Waals surface area contributed by atoms with Gasteiger partial charge in [-0.05, 0) is 74.8 Å². The second kappa shape index (κ2) is 6.04. The second-order valence-electron chi connectivity index (χ2n) is 8.27. The average Bonchev–Trinajstić information content (AvgIpc) is 2.53. The van der Waals surface area contributed by atoms with Crippen molar-refractivity contribution in [1.29, 1.82) is 0 Å². The summed E-state index contributed by atoms with van der Waals surface area (Å²) in [6.07, 6.45) is 0.146. The average molecular weight is 368 g/mol. The molecule has 0 unspecified atom stereocenters. The zero-order valence-corrected chi connectivity index (χ0v) is 15.1. The summed E-state index contributed by atoms with van der Waals surface area (Å²) in [6.45, 7) is 2.00. The molecule has 136 valence electrons. The molecule has 4 bridgehead atoms. The van der Waals surface area contributed by atoms with Crippen LogP contribution in [0, 0.1) is 30.6 Å². The highest BCUT2D eigenvalue weighted by molar-refractivity contribution is 8.00. The number of Topliss-reactive ketones (excluding diaryl/α,β-unsaturated/α-hetero) is 1. The fraction of sp³-hybridized carbons (Fsp3) is 0.650. The van der Waals surface area contributed by atoms with Gasteiger partial charge in [0.05, 0.1) is 0 Å². The van der Waals surface area contributed by atoms with Crippen LogP contribution in [0.5, 0.6) is 0 Å². The Kier molecular flexibility index (Phi) is 4.21. The van der Waals surface area contributed by atoms with Gasteiger partial charge in [-0.15, -0.1) is 11.8 Å². The van der Waals surface area contributed by atoms with Gasteiger partial charge in [-0.25, -0.2) is 0 Å². The number of aryl methyl sites for hydroxylation is 1. The molecule has 0 amide bonds. The minimum Gasteiger partial charge on any atom is -0.290 e. The van der Waals surface area contributed by atoms with E-state index in [2.05, 4.69) is 0 Å². The van der Waals surface area contributed by atoms with Crippen molar-refractivity contribution < 1.29 is 18.0 Å². The third-order valence-corrected chi connectivity index (χ3v) is 8.30. The molecular weight excluding hydrogens is 345 g/mol. The van der Waals surface area contributed by atoms with Gasteiger partial charge in [0.15, 0.2) is 0 Å². The van der Waals surface area contributed by atoms with Crippen LogP contribution >= 0.6 is 11.8 Å². The predicted octanol–water partition coefficient (Wildman–Crippen LogP) is 5.80. The molecule has 0 radical (unpaired) electrons. The molecule has 0 N–H and O–H groups in total. The van der Waals surface area contributed by atoms with Gasteiger partial charge in [0.2, 0.25) is 5.78 Å². The standard InChI is InChI=1S/C20H23F3OS/c1-12-2-4-17(5-3-12)25-19(11-18(24)20(21,22)23)15-7-13-6-14(9-15)10-16(19)8-13/h2-5,13-16H,6-11H2,1H3. The van der Waals surface area contributed by atoms with Gasteiger partial charge in [0.1, 0.15) is 0 Å². The topological polar surface area (TPSA) is 17.1 Å². The van der Waals surface area contributed by atoms with Crippen molar-refractivity contribution in [1.82, 2.24) is 0 Å². The van der Waals surface area contributed by atoms with E-state index in [1.807, 2.05) is 31.2 Å². The third kappa shape index (κ3) is 3.13. The highest BCUT2D eigenvalue weighted by Crippen LogP contribution is 2.65. The normalized spacial score (nSPS) is 36.6. The maximum absolute atomic E-state index is 13.1. The SMILES string of the molecule is Cc1ccc(SC2(CC(=O)C(F)(F)F)C3CC4CC(C3)CC2C4)cc1. The second-order valence-corrected chi connectivity index (χ2v) is 9.71. The summed E-state index contributed by atoms with van der Waals surface area (Å²) < 4.78 is 38.6. The lowest BCUT2D eigenvalue weighted by molar-refractivity contribution is -0.173. The lowest BCUT2D eigenvalue weighted by atomic mass is 9.50. The maximum atomic E-state index is 13.1. The van der Waals surface area contributed by atoms with Gasteiger partial charge >= 0.3 is 6.18 Å². The van der Waals surface area contributed by atoms with Crippen molar-refractivity contribution in [3.63, 3.8) is 0 Å². The van der Waals surface area contributed by atoms with E-state index < -0.39 is 16.7 Å². The predicted molar refractivity (Wildman–Crippen MR) is 92.5 cm³/mol. The number of hydrogen-bond acceptors (Lipinski definition) is 2. The number of benzene rings is 1. The number of ketones is 1. The minimum atomic E-state index is -4.73. The number of hydrogen-bond donors (Lipinski definition) is 0. The molecule has 5 heteroatoms. The third-order valence-electron chi connectivity index (χ3n) is 6.60. The number of carbonyl (C=O) groups is 1. The van der Waals surface area contributed by atoms with Crippen molar-refractivity contribution in [3.05, 3.63) is 29.8 Å². The molecule has 0 heterocycles. The Balaban J connectivity index is 1.68. The molecule has 1 nitrogen and oxygen atoms in total. The Morgan fingerprint density at radius 3 is 2.04 bits per heavy atom. The van der Waals surface area contributed by atoms with Crippen LogP contribution in [0.15, 0.2) is 29.2 Å². The summed E-state index contributed by atoms with van der Waals surface area (Å²) in [5.74, 6) is 0.257. The summed E-state index contributed by atoms with van der Waals surface area (Å²) in [6, 6.07) is 7.98. The summed E-state index contributed by atoms with van der Waals surface area (Å²) in [4.78, 5) is 13.0. The van der Waals surface area contributed by atoms with Crippen LogP contribution in [0.1, 0.15) is 44.1 Å². The zero-order valence-electron chi connectivity index (χ0n) is 14.3. The fourth-order valence-electron chi connectivity index (χ4n) is 5.65. The molecule has 5 rings (SSSR count). The van der Waals surface area contributed by atoms with Gasteiger partial charge in [-0.2, -0.15) is 13.2 Å². The molecule has 1 aromatic carbocycles. The zero-order chi connectivity index (χ0) is 17.8. The summed E-state index contributed by atoms with van der Waals surface area (Å²) in [5, 5.41) is 0. The van der Waals surface area contributed by atoms with Crippen molar-refractivity contribution in [2.24, 2.45) is 23.7 Å². The van der Waals surface area contributed by atoms with Gasteiger partial charge in [0, 0.05) is 16.1 Å². The lowest BCUT2D eigenvalue weighted by Gasteiger charge is -2.61. The van der Waals surface area contributed by atoms with Crippen molar-refractivity contribution >= 4 is 17.5 Å². The number of alkyl halides is 3. The van der Waals surface area contributed by atoms with Crippen LogP contribution in [-0.2, 0) is 4.79 Å². The van der Waals surface area contributed by atoms with E-state index in [-0.39, 0.29) is 18.3 Å². The molecule has 0 spiro atoms. The fourth-order valence-corrected chi connectivity index (χ4v) is 7.28. The number of thioether (sulfide) groups is 1. The Bertz CT molecular complexity index is 637. The van der Waals surface area contributed by atoms with Crippen LogP contribution in [-0.4, -0.2) is 16.7 Å². The monoisotopic (exact) mass is 368 g/mol. The number of rotatable bonds is 4. The molecule has 4 aliphatic rings. The van der Waals surface area contributed by atoms with Crippen LogP contribution in [0.3, 0.4) is 0 Å². The van der Waals surface area contributed by atoms with E-state index in [0.29, 0.717) is 11.8 Å². The van der Waals surface area contributed by atoms with E-state index in [4.69, 9.17) is 0 Å². The number of carbonyl (C=O) groups excluding carboxylic acids is 1. The Morgan fingerprint density at radius 1 is 1.04 bits per heavy atom. The Morgan fingerprint density at radius 2 is 1.56 bits per heavy atom. The highest BCUT2D eigenvalue weighted by Gasteiger charge is 2.60. The van der Waals surface area contributed by atoms with Crippen LogP contribution in [0.25, 0.3) is 0 Å². The molecule has 0 saturated heterocycles. The summed E-state index contributed by atoms with van der Waals surface area (Å²) >= 11 is 1.56. The molecule has 0 aromatic heterocycles. The smallest absolute Gasteiger partial charge is 0.290 e. The first-order valence-electron chi connectivity index (χ1n) is 9.12. The van der Waals surface area contributed by atoms with E-state index >= 15 is 0 Å². The molecule has 4 fully saturated rings. The first kappa shape index (κ1) is 17.4. The van der Waals surface area contributed by atoms with Crippen molar-refractivity contribution in [2.75, 3.05) is 0 Å². The van der Waals surface area contributed by atoms with Gasteiger partial charge in [0.25, 0.3) is 0 Å². The summed E-state index contributed by atoms with van der Waals surface area (Å²) in [5.41, 5.74) is 1.13. The van der Waals surface area contributed by atoms with E-state index in [0.717, 1.165) is 36.1 Å². The van der Waals surface area contributed by atoms with Crippen molar-refractivity contribution in [3.8, 4) is 0 Å². The molecule has 4 saturated carbocycles. The molecule has 4 aliphatic carbocycles. The quantitative estimate of drug-likeness (QED) is 0.668. The minimum absolute atomic E-state index is 0.237.